The number of benzene rings is 1. The van der Waals surface area contributed by atoms with E-state index in [9.17, 15) is 39.0 Å². The van der Waals surface area contributed by atoms with Gasteiger partial charge in [0.1, 0.15) is 6.10 Å². The van der Waals surface area contributed by atoms with E-state index in [-0.39, 0.29) is 16.8 Å². The number of hydrogen-bond acceptors (Lipinski definition) is 12. The number of Topliss-reactive ketones (excluding diaryl/α,β-unsaturated/α-hetero) is 4. The molecule has 206 valence electrons. The largest absolute Gasteiger partial charge is 0.505 e. The zero-order valence-electron chi connectivity index (χ0n) is 21.8. The van der Waals surface area contributed by atoms with E-state index in [4.69, 9.17) is 10.1 Å². The molecule has 0 aliphatic heterocycles. The van der Waals surface area contributed by atoms with Crippen LogP contribution in [-0.4, -0.2) is 89.0 Å². The minimum atomic E-state index is -3.06. The highest BCUT2D eigenvalue weighted by molar-refractivity contribution is 6.32. The van der Waals surface area contributed by atoms with Crippen LogP contribution in [0.2, 0.25) is 0 Å². The summed E-state index contributed by atoms with van der Waals surface area (Å²) < 4.78 is 5.61. The number of nitrogens with zero attached hydrogens (tertiary/aromatic N) is 3. The molecule has 1 aromatic rings. The number of likely N-dealkylation sites (N-methyl/N-ethyl adjacent to an activating group) is 1. The zero-order chi connectivity index (χ0) is 29.1. The van der Waals surface area contributed by atoms with Crippen LogP contribution in [0.25, 0.3) is 5.08 Å². The van der Waals surface area contributed by atoms with Crippen molar-refractivity contribution in [3.8, 4) is 5.75 Å². The zero-order valence-corrected chi connectivity index (χ0v) is 21.8. The Kier molecular flexibility index (Phi) is 6.78. The van der Waals surface area contributed by atoms with Crippen LogP contribution in [0.1, 0.15) is 35.7 Å². The second kappa shape index (κ2) is 9.51. The van der Waals surface area contributed by atoms with Gasteiger partial charge in [0.15, 0.2) is 46.1 Å². The Bertz CT molecular complexity index is 1370. The first-order chi connectivity index (χ1) is 18.2. The van der Waals surface area contributed by atoms with Crippen molar-refractivity contribution >= 4 is 40.7 Å². The molecule has 2 saturated carbocycles. The van der Waals surface area contributed by atoms with E-state index < -0.39 is 88.1 Å². The lowest BCUT2D eigenvalue weighted by atomic mass is 9.49. The third-order valence-corrected chi connectivity index (χ3v) is 8.16. The summed E-state index contributed by atoms with van der Waals surface area (Å²) in [5, 5.41) is 36.5. The minimum Gasteiger partial charge on any atom is -0.505 e. The Morgan fingerprint density at radius 1 is 1.15 bits per heavy atom. The second-order valence-electron chi connectivity index (χ2n) is 10.3. The summed E-state index contributed by atoms with van der Waals surface area (Å²) in [4.78, 5) is 81.5. The number of hydrogen-bond donors (Lipinski definition) is 4. The summed E-state index contributed by atoms with van der Waals surface area (Å²) in [5.74, 6) is -14.4. The summed E-state index contributed by atoms with van der Waals surface area (Å²) >= 11 is 0. The van der Waals surface area contributed by atoms with E-state index in [0.29, 0.717) is 0 Å². The van der Waals surface area contributed by atoms with Gasteiger partial charge in [-0.05, 0) is 37.1 Å². The van der Waals surface area contributed by atoms with Gasteiger partial charge >= 0.3 is 11.1 Å². The van der Waals surface area contributed by atoms with Gasteiger partial charge in [0.25, 0.3) is 5.39 Å². The van der Waals surface area contributed by atoms with Crippen molar-refractivity contribution < 1.29 is 43.7 Å². The molecule has 3 aliphatic rings. The van der Waals surface area contributed by atoms with Crippen LogP contribution in [0.5, 0.6) is 5.75 Å². The highest BCUT2D eigenvalue weighted by atomic mass is 16.5. The van der Waals surface area contributed by atoms with E-state index in [2.05, 4.69) is 15.8 Å². The normalized spacial score (nSPS) is 33.4. The first-order valence-corrected chi connectivity index (χ1v) is 12.2. The van der Waals surface area contributed by atoms with Crippen molar-refractivity contribution in [1.29, 1.82) is 5.39 Å². The molecule has 14 heteroatoms. The van der Waals surface area contributed by atoms with Crippen LogP contribution in [0.3, 0.4) is 0 Å². The molecule has 0 spiro atoms. The molecule has 0 heterocycles. The predicted octanol–water partition coefficient (Wildman–Crippen LogP) is -0.590. The third-order valence-electron chi connectivity index (χ3n) is 8.16. The maximum Gasteiger partial charge on any atom is 0.308 e. The van der Waals surface area contributed by atoms with Crippen LogP contribution in [0.4, 0.5) is 5.69 Å². The maximum absolute atomic E-state index is 14.1. The molecule has 2 fully saturated rings. The van der Waals surface area contributed by atoms with Crippen LogP contribution < -0.4 is 10.7 Å². The number of phenols is 1. The number of carbonyl (C=O) groups excluding carboxylic acids is 6. The van der Waals surface area contributed by atoms with Crippen LogP contribution in [0.15, 0.2) is 12.1 Å². The van der Waals surface area contributed by atoms with Crippen molar-refractivity contribution in [1.82, 2.24) is 10.2 Å². The standard InChI is InChI=1S/C25H27N5O9/c1-8-10-6-7-11(28-29-26)18(32)13(10)19(33)14-12(8)21(39-9(2)31)16-17(30(4)5)20(34)15(24(37)27-3)23(36)25(16,38)22(14)35/h6-8,12,14-17,21,26,38H,1-5H3,(H,27,37)/p+1/t8-,12+,14?,15?,16+,17-,21-,25-/m0/s1. The van der Waals surface area contributed by atoms with Gasteiger partial charge in [0.05, 0.1) is 23.4 Å². The number of amides is 1. The Hall–Kier alpha value is -4.22. The van der Waals surface area contributed by atoms with Crippen LogP contribution >= 0.6 is 0 Å². The topological polar surface area (TPSA) is 208 Å². The molecule has 14 nitrogen and oxygen atoms in total. The first-order valence-electron chi connectivity index (χ1n) is 12.2. The number of esters is 1. The number of rotatable bonds is 4. The number of ether oxygens (including phenoxy) is 1. The number of ketones is 4. The van der Waals surface area contributed by atoms with Crippen molar-refractivity contribution in [3.63, 3.8) is 0 Å². The lowest BCUT2D eigenvalue weighted by molar-refractivity contribution is -0.205. The van der Waals surface area contributed by atoms with Gasteiger partial charge in [-0.25, -0.2) is 0 Å². The van der Waals surface area contributed by atoms with Crippen molar-refractivity contribution in [2.75, 3.05) is 26.6 Å². The number of diazo groups is 1. The summed E-state index contributed by atoms with van der Waals surface area (Å²) in [6, 6.07) is 1.38. The molecule has 1 aromatic carbocycles. The molecule has 0 radical (unpaired) electrons. The fourth-order valence-corrected chi connectivity index (χ4v) is 6.56. The Labute approximate surface area is 222 Å². The van der Waals surface area contributed by atoms with Gasteiger partial charge < -0.3 is 20.3 Å². The van der Waals surface area contributed by atoms with Gasteiger partial charge in [-0.15, -0.1) is 0 Å². The number of anilines is 1. The van der Waals surface area contributed by atoms with E-state index in [0.717, 1.165) is 6.92 Å². The molecule has 1 amide bonds. The number of nitrogens with one attached hydrogen (secondary N) is 2. The molecule has 4 N–H and O–H groups in total. The molecule has 0 bridgehead atoms. The summed E-state index contributed by atoms with van der Waals surface area (Å²) in [6.07, 6.45) is -1.49. The number of aliphatic hydroxyl groups is 1. The van der Waals surface area contributed by atoms with E-state index in [1.54, 1.807) is 6.92 Å². The first kappa shape index (κ1) is 27.8. The number of carbonyl (C=O) groups is 6. The quantitative estimate of drug-likeness (QED) is 0.124. The molecular weight excluding hydrogens is 514 g/mol. The van der Waals surface area contributed by atoms with Gasteiger partial charge in [-0.3, -0.25) is 33.7 Å². The summed E-state index contributed by atoms with van der Waals surface area (Å²) in [5.41, 5.74) is -1.12. The highest BCUT2D eigenvalue weighted by Crippen LogP contribution is 2.56. The van der Waals surface area contributed by atoms with Crippen molar-refractivity contribution in [3.05, 3.63) is 28.3 Å². The van der Waals surface area contributed by atoms with E-state index >= 15 is 0 Å². The van der Waals surface area contributed by atoms with Gasteiger partial charge in [-0.2, -0.15) is 0 Å². The monoisotopic (exact) mass is 542 g/mol. The summed E-state index contributed by atoms with van der Waals surface area (Å²) in [6.45, 7) is 2.69. The minimum absolute atomic E-state index is 0.154. The average Bonchev–Trinajstić information content (AvgIpc) is 2.86. The van der Waals surface area contributed by atoms with Gasteiger partial charge in [0, 0.05) is 19.9 Å². The average molecular weight is 543 g/mol. The molecule has 39 heavy (non-hydrogen) atoms. The molecule has 2 unspecified atom stereocenters. The highest BCUT2D eigenvalue weighted by Gasteiger charge is 2.74. The van der Waals surface area contributed by atoms with Crippen LogP contribution in [0, 0.1) is 29.1 Å². The SMILES string of the molecule is CNC(=O)C1C(=O)[C@@H](N(C)C)[C@@H]2[C@@H](OC(C)=O)[C@H]3C(C(=O)c4c(ccc(N[N+]#N)c4O)[C@@H]3C)C(=O)[C@]2(O)C1=O. The fraction of sp³-hybridized carbons (Fsp3) is 0.520. The maximum atomic E-state index is 14.1. The van der Waals surface area contributed by atoms with Crippen molar-refractivity contribution in [2.45, 2.75) is 37.5 Å². The lowest BCUT2D eigenvalue weighted by Crippen LogP contribution is -2.78. The Morgan fingerprint density at radius 2 is 1.79 bits per heavy atom. The van der Waals surface area contributed by atoms with E-state index in [1.807, 2.05) is 0 Å². The molecular formula is C25H28N5O9+. The van der Waals surface area contributed by atoms with E-state index in [1.165, 1.54) is 38.2 Å². The molecule has 3 aliphatic carbocycles. The second-order valence-corrected chi connectivity index (χ2v) is 10.3. The Morgan fingerprint density at radius 3 is 2.33 bits per heavy atom. The smallest absolute Gasteiger partial charge is 0.308 e. The van der Waals surface area contributed by atoms with Gasteiger partial charge in [0.2, 0.25) is 5.91 Å². The fourth-order valence-electron chi connectivity index (χ4n) is 6.56. The van der Waals surface area contributed by atoms with Crippen LogP contribution in [-0.2, 0) is 28.7 Å². The van der Waals surface area contributed by atoms with Gasteiger partial charge in [-0.1, -0.05) is 13.0 Å². The molecule has 0 aromatic heterocycles. The third kappa shape index (κ3) is 3.72. The molecule has 8 atom stereocenters. The predicted molar refractivity (Wildman–Crippen MR) is 131 cm³/mol. The lowest BCUT2D eigenvalue weighted by Gasteiger charge is -2.56. The Balaban J connectivity index is 2.02. The molecule has 4 rings (SSSR count). The number of fused-ring (bicyclic) bond motifs is 3. The molecule has 0 saturated heterocycles. The number of phenolic OH excluding ortho intramolecular Hbond substituents is 1. The summed E-state index contributed by atoms with van der Waals surface area (Å²) in [7, 11) is 4.08. The van der Waals surface area contributed by atoms with Crippen molar-refractivity contribution in [2.24, 2.45) is 23.7 Å². The number of aromatic hydroxyl groups is 1.